The van der Waals surface area contributed by atoms with Crippen molar-refractivity contribution < 1.29 is 4.79 Å². The first-order valence-electron chi connectivity index (χ1n) is 6.92. The first-order valence-corrected chi connectivity index (χ1v) is 7.73. The van der Waals surface area contributed by atoms with Gasteiger partial charge in [0.05, 0.1) is 4.91 Å². The zero-order valence-electron chi connectivity index (χ0n) is 13.3. The third kappa shape index (κ3) is 8.05. The maximum absolute atomic E-state index is 12.0. The van der Waals surface area contributed by atoms with E-state index in [1.807, 2.05) is 32.9 Å². The molecule has 1 atom stereocenters. The molecule has 0 aliphatic rings. The molecule has 1 amide bonds. The van der Waals surface area contributed by atoms with Crippen LogP contribution in [0.3, 0.4) is 0 Å². The molecule has 0 bridgehead atoms. The smallest absolute Gasteiger partial charge is 0.257 e. The van der Waals surface area contributed by atoms with E-state index in [0.29, 0.717) is 10.8 Å². The molecular weight excluding hydrogens is 266 g/mol. The summed E-state index contributed by atoms with van der Waals surface area (Å²) in [6.45, 7) is 17.8. The third-order valence-corrected chi connectivity index (χ3v) is 3.83. The van der Waals surface area contributed by atoms with Gasteiger partial charge in [-0.1, -0.05) is 57.0 Å². The van der Waals surface area contributed by atoms with Gasteiger partial charge in [0.25, 0.3) is 5.91 Å². The normalized spacial score (nSPS) is 14.1. The van der Waals surface area contributed by atoms with Gasteiger partial charge in [0, 0.05) is 6.04 Å². The second-order valence-electron chi connectivity index (χ2n) is 5.36. The van der Waals surface area contributed by atoms with Crippen LogP contribution in [0.2, 0.25) is 0 Å². The number of amides is 1. The molecule has 0 spiro atoms. The Morgan fingerprint density at radius 3 is 2.40 bits per heavy atom. The molecule has 20 heavy (non-hydrogen) atoms. The van der Waals surface area contributed by atoms with Crippen LogP contribution in [0.25, 0.3) is 0 Å². The van der Waals surface area contributed by atoms with E-state index >= 15 is 0 Å². The summed E-state index contributed by atoms with van der Waals surface area (Å²) in [6.07, 6.45) is 6.56. The van der Waals surface area contributed by atoms with Crippen molar-refractivity contribution in [1.82, 2.24) is 5.32 Å². The Kier molecular flexibility index (Phi) is 9.06. The third-order valence-electron chi connectivity index (χ3n) is 2.77. The molecular formula is C17H27NOS. The Morgan fingerprint density at radius 2 is 1.90 bits per heavy atom. The summed E-state index contributed by atoms with van der Waals surface area (Å²) in [5.74, 6) is 0.488. The van der Waals surface area contributed by atoms with Gasteiger partial charge in [0.1, 0.15) is 0 Å². The molecule has 0 aliphatic carbocycles. The quantitative estimate of drug-likeness (QED) is 0.513. The van der Waals surface area contributed by atoms with E-state index < -0.39 is 0 Å². The summed E-state index contributed by atoms with van der Waals surface area (Å²) in [6, 6.07) is 0.172. The molecule has 0 saturated carbocycles. The van der Waals surface area contributed by atoms with Gasteiger partial charge in [-0.3, -0.25) is 4.79 Å². The molecule has 0 fully saturated rings. The Morgan fingerprint density at radius 1 is 1.30 bits per heavy atom. The van der Waals surface area contributed by atoms with E-state index in [2.05, 4.69) is 32.3 Å². The van der Waals surface area contributed by atoms with Crippen molar-refractivity contribution in [1.29, 1.82) is 0 Å². The number of thioether (sulfide) groups is 1. The molecule has 1 N–H and O–H groups in total. The van der Waals surface area contributed by atoms with Crippen LogP contribution in [0.1, 0.15) is 41.0 Å². The highest BCUT2D eigenvalue weighted by molar-refractivity contribution is 8.07. The fourth-order valence-corrected chi connectivity index (χ4v) is 2.46. The number of rotatable bonds is 8. The predicted octanol–water partition coefficient (Wildman–Crippen LogP) is 4.82. The van der Waals surface area contributed by atoms with Crippen molar-refractivity contribution in [3.8, 4) is 0 Å². The van der Waals surface area contributed by atoms with E-state index in [-0.39, 0.29) is 11.9 Å². The lowest BCUT2D eigenvalue weighted by Crippen LogP contribution is -2.33. The van der Waals surface area contributed by atoms with Gasteiger partial charge in [0.15, 0.2) is 0 Å². The van der Waals surface area contributed by atoms with Crippen LogP contribution >= 0.6 is 11.8 Å². The van der Waals surface area contributed by atoms with Gasteiger partial charge in [0.2, 0.25) is 0 Å². The van der Waals surface area contributed by atoms with Crippen LogP contribution in [0, 0.1) is 5.92 Å². The molecule has 0 rings (SSSR count). The summed E-state index contributed by atoms with van der Waals surface area (Å²) >= 11 is 1.41. The fraction of sp³-hybridized carbons (Fsp3) is 0.471. The molecule has 0 radical (unpaired) electrons. The van der Waals surface area contributed by atoms with Crippen LogP contribution in [-0.2, 0) is 4.79 Å². The Labute approximate surface area is 128 Å². The number of carbonyl (C=O) groups excluding carboxylic acids is 1. The maximum Gasteiger partial charge on any atom is 0.257 e. The summed E-state index contributed by atoms with van der Waals surface area (Å²) in [4.78, 5) is 13.6. The van der Waals surface area contributed by atoms with Crippen molar-refractivity contribution in [2.75, 3.05) is 0 Å². The molecule has 0 saturated heterocycles. The second-order valence-corrected chi connectivity index (χ2v) is 6.67. The van der Waals surface area contributed by atoms with E-state index in [4.69, 9.17) is 0 Å². The van der Waals surface area contributed by atoms with Crippen molar-refractivity contribution in [2.24, 2.45) is 5.92 Å². The lowest BCUT2D eigenvalue weighted by molar-refractivity contribution is -0.117. The van der Waals surface area contributed by atoms with Gasteiger partial charge in [-0.05, 0) is 43.6 Å². The second kappa shape index (κ2) is 9.65. The molecule has 0 aromatic rings. The Bertz CT molecular complexity index is 419. The van der Waals surface area contributed by atoms with Crippen molar-refractivity contribution in [3.05, 3.63) is 46.8 Å². The summed E-state index contributed by atoms with van der Waals surface area (Å²) in [7, 11) is 0. The summed E-state index contributed by atoms with van der Waals surface area (Å²) in [5, 5.41) is 2.98. The monoisotopic (exact) mass is 293 g/mol. The Balaban J connectivity index is 4.50. The van der Waals surface area contributed by atoms with Crippen LogP contribution in [-0.4, -0.2) is 11.9 Å². The van der Waals surface area contributed by atoms with Gasteiger partial charge in [-0.25, -0.2) is 0 Å². The molecule has 0 aromatic heterocycles. The molecule has 3 heteroatoms. The minimum atomic E-state index is -0.0806. The van der Waals surface area contributed by atoms with E-state index in [0.717, 1.165) is 16.9 Å². The van der Waals surface area contributed by atoms with Gasteiger partial charge >= 0.3 is 0 Å². The number of hydrogen-bond acceptors (Lipinski definition) is 2. The standard InChI is InChI=1S/C17H27NOS/c1-8-9-10-13(4)15(6)20-16(7)17(19)18-14(5)11-12(2)3/h8-10,12,14H,1,7,11H2,2-6H3,(H,18,19)/b10-9-,15-13+. The van der Waals surface area contributed by atoms with Crippen LogP contribution < -0.4 is 5.32 Å². The fourth-order valence-electron chi connectivity index (χ4n) is 1.71. The van der Waals surface area contributed by atoms with Gasteiger partial charge in [-0.2, -0.15) is 0 Å². The highest BCUT2D eigenvalue weighted by atomic mass is 32.2. The van der Waals surface area contributed by atoms with E-state index in [1.54, 1.807) is 6.08 Å². The largest absolute Gasteiger partial charge is 0.349 e. The first kappa shape index (κ1) is 18.8. The SMILES string of the molecule is C=C/C=C\C(C)=C(/C)SC(=C)C(=O)NC(C)CC(C)C. The first-order chi connectivity index (χ1) is 9.27. The average Bonchev–Trinajstić information content (AvgIpc) is 2.34. The van der Waals surface area contributed by atoms with Crippen molar-refractivity contribution in [2.45, 2.75) is 47.1 Å². The zero-order chi connectivity index (χ0) is 15.7. The lowest BCUT2D eigenvalue weighted by Gasteiger charge is -2.16. The molecule has 0 aromatic carbocycles. The molecule has 2 nitrogen and oxygen atoms in total. The lowest BCUT2D eigenvalue weighted by atomic mass is 10.1. The molecule has 1 unspecified atom stereocenters. The summed E-state index contributed by atoms with van der Waals surface area (Å²) < 4.78 is 0. The van der Waals surface area contributed by atoms with Gasteiger partial charge < -0.3 is 5.32 Å². The van der Waals surface area contributed by atoms with Crippen molar-refractivity contribution >= 4 is 17.7 Å². The average molecular weight is 293 g/mol. The highest BCUT2D eigenvalue weighted by Crippen LogP contribution is 2.27. The zero-order valence-corrected chi connectivity index (χ0v) is 14.1. The maximum atomic E-state index is 12.0. The van der Waals surface area contributed by atoms with E-state index in [1.165, 1.54) is 11.8 Å². The van der Waals surface area contributed by atoms with Crippen LogP contribution in [0.15, 0.2) is 46.8 Å². The summed E-state index contributed by atoms with van der Waals surface area (Å²) in [5.41, 5.74) is 1.11. The number of nitrogens with one attached hydrogen (secondary N) is 1. The van der Waals surface area contributed by atoms with Crippen LogP contribution in [0.5, 0.6) is 0 Å². The highest BCUT2D eigenvalue weighted by Gasteiger charge is 2.13. The number of hydrogen-bond donors (Lipinski definition) is 1. The molecule has 0 heterocycles. The topological polar surface area (TPSA) is 29.1 Å². The van der Waals surface area contributed by atoms with Crippen molar-refractivity contribution in [3.63, 3.8) is 0 Å². The minimum Gasteiger partial charge on any atom is -0.349 e. The predicted molar refractivity (Wildman–Crippen MR) is 91.5 cm³/mol. The Hall–Kier alpha value is -1.22. The molecule has 0 aliphatic heterocycles. The van der Waals surface area contributed by atoms with E-state index in [9.17, 15) is 4.79 Å². The van der Waals surface area contributed by atoms with Crippen LogP contribution in [0.4, 0.5) is 0 Å². The molecule has 112 valence electrons. The minimum absolute atomic E-state index is 0.0806. The number of allylic oxidation sites excluding steroid dienone is 5. The van der Waals surface area contributed by atoms with Gasteiger partial charge in [-0.15, -0.1) is 0 Å². The number of carbonyl (C=O) groups is 1.